The molecule has 0 bridgehead atoms. The number of hydrogen-bond acceptors (Lipinski definition) is 3. The van der Waals surface area contributed by atoms with E-state index >= 15 is 0 Å². The van der Waals surface area contributed by atoms with Crippen LogP contribution in [0.15, 0.2) is 54.6 Å². The first kappa shape index (κ1) is 13.3. The minimum absolute atomic E-state index is 0.203. The van der Waals surface area contributed by atoms with Crippen LogP contribution >= 0.6 is 7.37 Å². The summed E-state index contributed by atoms with van der Waals surface area (Å²) in [5, 5.41) is 4.16. The Kier molecular flexibility index (Phi) is 3.31. The third-order valence-electron chi connectivity index (χ3n) is 3.54. The molecule has 0 aromatic heterocycles. The third kappa shape index (κ3) is 2.12. The predicted octanol–water partition coefficient (Wildman–Crippen LogP) is 4.08. The molecule has 104 valence electrons. The standard InChI is InChI=1S/C16H18NO2P/c1-12(2)16-17-14-10-6-7-11-15(14)19-20(16,18)13-8-4-3-5-9-13/h3-12,16-17H,1-2H3/t16-,20-/m1/s1. The summed E-state index contributed by atoms with van der Waals surface area (Å²) < 4.78 is 19.5. The Hall–Kier alpha value is -1.73. The second kappa shape index (κ2) is 4.99. The molecule has 1 N–H and O–H groups in total. The molecule has 2 aromatic rings. The molecule has 0 spiro atoms. The summed E-state index contributed by atoms with van der Waals surface area (Å²) in [5.74, 6) is 0.658. The van der Waals surface area contributed by atoms with Crippen LogP contribution in [0.25, 0.3) is 0 Å². The van der Waals surface area contributed by atoms with E-state index in [2.05, 4.69) is 19.2 Å². The Morgan fingerprint density at radius 1 is 1.05 bits per heavy atom. The van der Waals surface area contributed by atoms with Gasteiger partial charge in [0.2, 0.25) is 0 Å². The highest BCUT2D eigenvalue weighted by atomic mass is 31.2. The van der Waals surface area contributed by atoms with Crippen LogP contribution in [-0.2, 0) is 4.57 Å². The smallest absolute Gasteiger partial charge is 0.299 e. The van der Waals surface area contributed by atoms with Gasteiger partial charge >= 0.3 is 0 Å². The molecule has 0 saturated carbocycles. The second-order valence-corrected chi connectivity index (χ2v) is 7.80. The molecule has 1 aliphatic heterocycles. The molecule has 0 amide bonds. The first-order chi connectivity index (χ1) is 9.61. The average Bonchev–Trinajstić information content (AvgIpc) is 2.47. The summed E-state index contributed by atoms with van der Waals surface area (Å²) in [4.78, 5) is 0. The van der Waals surface area contributed by atoms with Crippen LogP contribution in [0.2, 0.25) is 0 Å². The third-order valence-corrected chi connectivity index (χ3v) is 6.48. The molecular formula is C16H18NO2P. The number of benzene rings is 2. The van der Waals surface area contributed by atoms with Crippen LogP contribution < -0.4 is 15.1 Å². The fourth-order valence-electron chi connectivity index (χ4n) is 2.52. The van der Waals surface area contributed by atoms with Gasteiger partial charge in [-0.25, -0.2) is 0 Å². The Morgan fingerprint density at radius 2 is 1.70 bits per heavy atom. The molecule has 0 radical (unpaired) electrons. The molecule has 3 rings (SSSR count). The molecule has 2 aromatic carbocycles. The van der Waals surface area contributed by atoms with Crippen molar-refractivity contribution in [3.8, 4) is 5.75 Å². The maximum atomic E-state index is 13.5. The minimum atomic E-state index is -2.98. The summed E-state index contributed by atoms with van der Waals surface area (Å²) in [6, 6.07) is 17.1. The van der Waals surface area contributed by atoms with Crippen LogP contribution in [0.3, 0.4) is 0 Å². The van der Waals surface area contributed by atoms with Gasteiger partial charge in [-0.2, -0.15) is 0 Å². The van der Waals surface area contributed by atoms with Crippen LogP contribution in [0, 0.1) is 5.92 Å². The molecule has 3 nitrogen and oxygen atoms in total. The molecule has 0 fully saturated rings. The lowest BCUT2D eigenvalue weighted by Gasteiger charge is -2.37. The van der Waals surface area contributed by atoms with Crippen molar-refractivity contribution in [3.63, 3.8) is 0 Å². The van der Waals surface area contributed by atoms with Gasteiger partial charge < -0.3 is 9.84 Å². The van der Waals surface area contributed by atoms with E-state index in [0.29, 0.717) is 5.75 Å². The summed E-state index contributed by atoms with van der Waals surface area (Å²) in [5.41, 5.74) is 0.911. The lowest BCUT2D eigenvalue weighted by molar-refractivity contribution is 0.453. The van der Waals surface area contributed by atoms with E-state index in [1.807, 2.05) is 54.6 Å². The minimum Gasteiger partial charge on any atom is -0.436 e. The Labute approximate surface area is 119 Å². The molecule has 0 aliphatic carbocycles. The second-order valence-electron chi connectivity index (χ2n) is 5.35. The fraction of sp³-hybridized carbons (Fsp3) is 0.250. The van der Waals surface area contributed by atoms with Gasteiger partial charge in [0.1, 0.15) is 11.5 Å². The van der Waals surface area contributed by atoms with Crippen molar-refractivity contribution in [2.75, 3.05) is 5.32 Å². The first-order valence-corrected chi connectivity index (χ1v) is 8.51. The van der Waals surface area contributed by atoms with E-state index in [1.165, 1.54) is 0 Å². The van der Waals surface area contributed by atoms with Gasteiger partial charge in [0, 0.05) is 0 Å². The summed E-state index contributed by atoms with van der Waals surface area (Å²) >= 11 is 0. The molecular weight excluding hydrogens is 269 g/mol. The zero-order valence-electron chi connectivity index (χ0n) is 11.6. The van der Waals surface area contributed by atoms with Crippen LogP contribution in [0.1, 0.15) is 13.8 Å². The molecule has 0 saturated heterocycles. The highest BCUT2D eigenvalue weighted by molar-refractivity contribution is 7.68. The highest BCUT2D eigenvalue weighted by Crippen LogP contribution is 2.57. The molecule has 1 heterocycles. The average molecular weight is 287 g/mol. The fourth-order valence-corrected chi connectivity index (χ4v) is 5.19. The van der Waals surface area contributed by atoms with Crippen molar-refractivity contribution in [2.24, 2.45) is 5.92 Å². The van der Waals surface area contributed by atoms with Gasteiger partial charge in [-0.3, -0.25) is 4.57 Å². The van der Waals surface area contributed by atoms with Crippen LogP contribution in [-0.4, -0.2) is 5.78 Å². The zero-order valence-corrected chi connectivity index (χ0v) is 12.5. The molecule has 2 atom stereocenters. The number of para-hydroxylation sites is 2. The van der Waals surface area contributed by atoms with Crippen molar-refractivity contribution >= 4 is 18.4 Å². The highest BCUT2D eigenvalue weighted by Gasteiger charge is 2.43. The van der Waals surface area contributed by atoms with Crippen molar-refractivity contribution in [3.05, 3.63) is 54.6 Å². The monoisotopic (exact) mass is 287 g/mol. The van der Waals surface area contributed by atoms with Crippen molar-refractivity contribution < 1.29 is 9.09 Å². The van der Waals surface area contributed by atoms with E-state index in [9.17, 15) is 4.57 Å². The maximum Gasteiger partial charge on any atom is 0.299 e. The van der Waals surface area contributed by atoms with E-state index in [0.717, 1.165) is 11.0 Å². The largest absolute Gasteiger partial charge is 0.436 e. The number of nitrogens with one attached hydrogen (secondary N) is 1. The summed E-state index contributed by atoms with van der Waals surface area (Å²) in [6.07, 6.45) is 0. The van der Waals surface area contributed by atoms with Gasteiger partial charge in [-0.15, -0.1) is 0 Å². The number of fused-ring (bicyclic) bond motifs is 1. The lowest BCUT2D eigenvalue weighted by atomic mass is 10.2. The van der Waals surface area contributed by atoms with Crippen molar-refractivity contribution in [1.29, 1.82) is 0 Å². The first-order valence-electron chi connectivity index (χ1n) is 6.82. The molecule has 0 unspecified atom stereocenters. The predicted molar refractivity (Wildman–Crippen MR) is 83.0 cm³/mol. The molecule has 4 heteroatoms. The lowest BCUT2D eigenvalue weighted by Crippen LogP contribution is -2.35. The summed E-state index contributed by atoms with van der Waals surface area (Å²) in [7, 11) is -2.98. The van der Waals surface area contributed by atoms with E-state index in [4.69, 9.17) is 4.52 Å². The van der Waals surface area contributed by atoms with Crippen molar-refractivity contribution in [1.82, 2.24) is 0 Å². The van der Waals surface area contributed by atoms with E-state index in [1.54, 1.807) is 0 Å². The number of rotatable bonds is 2. The Bertz CT molecular complexity index is 655. The van der Waals surface area contributed by atoms with E-state index in [-0.39, 0.29) is 11.7 Å². The molecule has 20 heavy (non-hydrogen) atoms. The Morgan fingerprint density at radius 3 is 2.40 bits per heavy atom. The normalized spacial score (nSPS) is 24.6. The quantitative estimate of drug-likeness (QED) is 0.846. The Balaban J connectivity index is 2.11. The summed E-state index contributed by atoms with van der Waals surface area (Å²) in [6.45, 7) is 4.12. The maximum absolute atomic E-state index is 13.5. The molecule has 1 aliphatic rings. The van der Waals surface area contributed by atoms with Crippen LogP contribution in [0.5, 0.6) is 5.75 Å². The van der Waals surface area contributed by atoms with Gasteiger partial charge in [0.15, 0.2) is 0 Å². The van der Waals surface area contributed by atoms with Crippen LogP contribution in [0.4, 0.5) is 5.69 Å². The van der Waals surface area contributed by atoms with Crippen molar-refractivity contribution in [2.45, 2.75) is 19.6 Å². The van der Waals surface area contributed by atoms with E-state index < -0.39 is 7.37 Å². The van der Waals surface area contributed by atoms with Gasteiger partial charge in [0.05, 0.1) is 11.0 Å². The topological polar surface area (TPSA) is 38.3 Å². The number of hydrogen-bond donors (Lipinski definition) is 1. The number of anilines is 1. The SMILES string of the molecule is CC(C)[C@@H]1Nc2ccccc2O[P@]1(=O)c1ccccc1. The van der Waals surface area contributed by atoms with Gasteiger partial charge in [-0.05, 0) is 30.2 Å². The van der Waals surface area contributed by atoms with Gasteiger partial charge in [-0.1, -0.05) is 44.2 Å². The van der Waals surface area contributed by atoms with Gasteiger partial charge in [0.25, 0.3) is 7.37 Å². The zero-order chi connectivity index (χ0) is 14.2.